The number of para-hydroxylation sites is 1. The van der Waals surface area contributed by atoms with E-state index in [0.29, 0.717) is 6.04 Å². The summed E-state index contributed by atoms with van der Waals surface area (Å²) in [5.41, 5.74) is 5.15. The molecule has 1 saturated carbocycles. The fraction of sp³-hybridized carbons (Fsp3) is 0.320. The zero-order chi connectivity index (χ0) is 19.5. The van der Waals surface area contributed by atoms with Gasteiger partial charge in [-0.2, -0.15) is 0 Å². The van der Waals surface area contributed by atoms with Crippen molar-refractivity contribution >= 4 is 22.2 Å². The molecule has 148 valence electrons. The molecule has 2 aromatic heterocycles. The van der Waals surface area contributed by atoms with Crippen LogP contribution < -0.4 is 4.80 Å². The maximum Gasteiger partial charge on any atom is 0.185 e. The van der Waals surface area contributed by atoms with Crippen LogP contribution in [0.5, 0.6) is 0 Å². The smallest absolute Gasteiger partial charge is 0.185 e. The van der Waals surface area contributed by atoms with E-state index >= 15 is 0 Å². The van der Waals surface area contributed by atoms with Crippen LogP contribution in [0.2, 0.25) is 0 Å². The summed E-state index contributed by atoms with van der Waals surface area (Å²) in [6.45, 7) is 0.946. The molecule has 1 aliphatic rings. The summed E-state index contributed by atoms with van der Waals surface area (Å²) >= 11 is 1.79. The second kappa shape index (κ2) is 8.42. The minimum absolute atomic E-state index is 0.491. The van der Waals surface area contributed by atoms with Crippen molar-refractivity contribution in [3.63, 3.8) is 0 Å². The van der Waals surface area contributed by atoms with Gasteiger partial charge in [0, 0.05) is 29.0 Å². The van der Waals surface area contributed by atoms with Gasteiger partial charge in [0.05, 0.1) is 11.7 Å². The maximum atomic E-state index is 5.20. The van der Waals surface area contributed by atoms with Gasteiger partial charge in [-0.25, -0.2) is 0 Å². The lowest BCUT2D eigenvalue weighted by Gasteiger charge is -2.17. The number of thiazole rings is 1. The number of hydrogen-bond donors (Lipinski definition) is 1. The van der Waals surface area contributed by atoms with Crippen LogP contribution in [0.15, 0.2) is 71.2 Å². The highest BCUT2D eigenvalue weighted by molar-refractivity contribution is 7.07. The normalized spacial score (nSPS) is 15.9. The Morgan fingerprint density at radius 3 is 2.62 bits per heavy atom. The quantitative estimate of drug-likeness (QED) is 0.415. The molecule has 2 aromatic carbocycles. The predicted octanol–water partition coefficient (Wildman–Crippen LogP) is 6.17. The maximum absolute atomic E-state index is 5.20. The van der Waals surface area contributed by atoms with E-state index in [1.54, 1.807) is 11.3 Å². The lowest BCUT2D eigenvalue weighted by Crippen LogP contribution is -2.22. The first-order chi connectivity index (χ1) is 14.4. The molecular weight excluding hydrogens is 374 g/mol. The molecule has 0 bridgehead atoms. The Kier molecular flexibility index (Phi) is 5.35. The number of nitrogens with one attached hydrogen (secondary N) is 1. The van der Waals surface area contributed by atoms with Gasteiger partial charge in [0.25, 0.3) is 0 Å². The van der Waals surface area contributed by atoms with Crippen LogP contribution >= 0.6 is 11.3 Å². The van der Waals surface area contributed by atoms with Crippen molar-refractivity contribution in [2.24, 2.45) is 4.99 Å². The van der Waals surface area contributed by atoms with Crippen molar-refractivity contribution in [3.8, 4) is 11.3 Å². The molecule has 1 aliphatic carbocycles. The Balaban J connectivity index is 1.50. The largest absolute Gasteiger partial charge is 0.361 e. The van der Waals surface area contributed by atoms with Crippen molar-refractivity contribution in [2.45, 2.75) is 51.1 Å². The van der Waals surface area contributed by atoms with Crippen molar-refractivity contribution < 1.29 is 0 Å². The van der Waals surface area contributed by atoms with E-state index in [0.717, 1.165) is 13.0 Å². The van der Waals surface area contributed by atoms with E-state index in [2.05, 4.69) is 75.7 Å². The molecule has 5 rings (SSSR count). The number of fused-ring (bicyclic) bond motifs is 1. The minimum atomic E-state index is 0.491. The summed E-state index contributed by atoms with van der Waals surface area (Å²) in [6, 6.07) is 19.8. The first kappa shape index (κ1) is 18.4. The summed E-state index contributed by atoms with van der Waals surface area (Å²) < 4.78 is 2.44. The van der Waals surface area contributed by atoms with Gasteiger partial charge in [-0.1, -0.05) is 67.8 Å². The summed E-state index contributed by atoms with van der Waals surface area (Å²) in [5.74, 6) is 0. The Labute approximate surface area is 175 Å². The number of nitrogens with zero attached hydrogens (tertiary/aromatic N) is 2. The third-order valence-corrected chi connectivity index (χ3v) is 6.89. The molecule has 0 spiro atoms. The van der Waals surface area contributed by atoms with E-state index in [1.165, 1.54) is 64.6 Å². The standard InChI is InChI=1S/C25H27N3S/c1-3-9-19(10-4-1)24-18-29-25(27-21-11-5-2-6-12-21)28(24)16-15-20-17-26-23-14-8-7-13-22(20)23/h1,3-4,7-10,13-14,17-18,21,26H,2,5-6,11-12,15-16H2. The molecule has 2 heterocycles. The van der Waals surface area contributed by atoms with Crippen molar-refractivity contribution in [2.75, 3.05) is 0 Å². The highest BCUT2D eigenvalue weighted by Gasteiger charge is 2.14. The van der Waals surface area contributed by atoms with Crippen LogP contribution in [-0.4, -0.2) is 15.6 Å². The number of aryl methyl sites for hydroxylation is 1. The zero-order valence-corrected chi connectivity index (χ0v) is 17.5. The fourth-order valence-electron chi connectivity index (χ4n) is 4.42. The zero-order valence-electron chi connectivity index (χ0n) is 16.7. The summed E-state index contributed by atoms with van der Waals surface area (Å²) in [4.78, 5) is 9.79. The molecule has 0 saturated heterocycles. The monoisotopic (exact) mass is 401 g/mol. The van der Waals surface area contributed by atoms with Gasteiger partial charge in [-0.3, -0.25) is 4.99 Å². The molecule has 4 heteroatoms. The molecular formula is C25H27N3S. The summed E-state index contributed by atoms with van der Waals surface area (Å²) in [5, 5.41) is 3.61. The Morgan fingerprint density at radius 2 is 1.76 bits per heavy atom. The van der Waals surface area contributed by atoms with E-state index in [-0.39, 0.29) is 0 Å². The average molecular weight is 402 g/mol. The lowest BCUT2D eigenvalue weighted by atomic mass is 9.96. The topological polar surface area (TPSA) is 33.1 Å². The molecule has 0 amide bonds. The molecule has 29 heavy (non-hydrogen) atoms. The summed E-state index contributed by atoms with van der Waals surface area (Å²) in [6.07, 6.45) is 9.64. The molecule has 4 aromatic rings. The average Bonchev–Trinajstić information content (AvgIpc) is 3.37. The van der Waals surface area contributed by atoms with Gasteiger partial charge >= 0.3 is 0 Å². The molecule has 0 radical (unpaired) electrons. The first-order valence-corrected chi connectivity index (χ1v) is 11.6. The molecule has 0 aliphatic heterocycles. The van der Waals surface area contributed by atoms with E-state index in [4.69, 9.17) is 4.99 Å². The van der Waals surface area contributed by atoms with Crippen LogP contribution in [-0.2, 0) is 13.0 Å². The van der Waals surface area contributed by atoms with Crippen LogP contribution in [0.3, 0.4) is 0 Å². The molecule has 0 atom stereocenters. The van der Waals surface area contributed by atoms with Gasteiger partial charge < -0.3 is 9.55 Å². The SMILES string of the molecule is c1ccc(-c2csc(=NC3CCCCC3)n2CCc2c[nH]c3ccccc23)cc1. The highest BCUT2D eigenvalue weighted by Crippen LogP contribution is 2.24. The van der Waals surface area contributed by atoms with Gasteiger partial charge in [0.2, 0.25) is 0 Å². The van der Waals surface area contributed by atoms with E-state index < -0.39 is 0 Å². The molecule has 1 fully saturated rings. The van der Waals surface area contributed by atoms with E-state index in [9.17, 15) is 0 Å². The third-order valence-electron chi connectivity index (χ3n) is 6.01. The van der Waals surface area contributed by atoms with Gasteiger partial charge in [-0.05, 0) is 36.5 Å². The van der Waals surface area contributed by atoms with Gasteiger partial charge in [-0.15, -0.1) is 11.3 Å². The second-order valence-electron chi connectivity index (χ2n) is 7.95. The number of hydrogen-bond acceptors (Lipinski definition) is 2. The number of rotatable bonds is 5. The first-order valence-electron chi connectivity index (χ1n) is 10.7. The van der Waals surface area contributed by atoms with Crippen molar-refractivity contribution in [1.29, 1.82) is 0 Å². The van der Waals surface area contributed by atoms with E-state index in [1.807, 2.05) is 0 Å². The summed E-state index contributed by atoms with van der Waals surface area (Å²) in [7, 11) is 0. The van der Waals surface area contributed by atoms with Gasteiger partial charge in [0.1, 0.15) is 0 Å². The van der Waals surface area contributed by atoms with Crippen LogP contribution in [0.1, 0.15) is 37.7 Å². The Hall–Kier alpha value is -2.59. The molecule has 1 N–H and O–H groups in total. The van der Waals surface area contributed by atoms with Gasteiger partial charge in [0.15, 0.2) is 4.80 Å². The molecule has 0 unspecified atom stereocenters. The van der Waals surface area contributed by atoms with Crippen molar-refractivity contribution in [1.82, 2.24) is 9.55 Å². The predicted molar refractivity (Wildman–Crippen MR) is 122 cm³/mol. The minimum Gasteiger partial charge on any atom is -0.361 e. The third kappa shape index (κ3) is 3.95. The second-order valence-corrected chi connectivity index (χ2v) is 8.79. The lowest BCUT2D eigenvalue weighted by molar-refractivity contribution is 0.434. The van der Waals surface area contributed by atoms with Crippen molar-refractivity contribution in [3.05, 3.63) is 76.5 Å². The van der Waals surface area contributed by atoms with Crippen LogP contribution in [0.4, 0.5) is 0 Å². The number of aromatic nitrogens is 2. The van der Waals surface area contributed by atoms with Crippen LogP contribution in [0, 0.1) is 0 Å². The number of H-pyrrole nitrogens is 1. The number of benzene rings is 2. The Bertz CT molecular complexity index is 1140. The number of aromatic amines is 1. The molecule has 3 nitrogen and oxygen atoms in total. The van der Waals surface area contributed by atoms with Crippen LogP contribution in [0.25, 0.3) is 22.2 Å². The Morgan fingerprint density at radius 1 is 0.966 bits per heavy atom. The fourth-order valence-corrected chi connectivity index (χ4v) is 5.43. The highest BCUT2D eigenvalue weighted by atomic mass is 32.1.